The molecule has 0 aliphatic carbocycles. The summed E-state index contributed by atoms with van der Waals surface area (Å²) in [5, 5.41) is 0. The number of para-hydroxylation sites is 1. The Morgan fingerprint density at radius 3 is 2.70 bits per heavy atom. The van der Waals surface area contributed by atoms with E-state index in [-0.39, 0.29) is 19.1 Å². The molecule has 1 aliphatic heterocycles. The smallest absolute Gasteiger partial charge is 0.310 e. The van der Waals surface area contributed by atoms with Gasteiger partial charge in [-0.15, -0.1) is 0 Å². The van der Waals surface area contributed by atoms with E-state index in [0.717, 1.165) is 12.0 Å². The molecule has 2 atom stereocenters. The van der Waals surface area contributed by atoms with Crippen LogP contribution in [-0.2, 0) is 19.6 Å². The van der Waals surface area contributed by atoms with Crippen molar-refractivity contribution in [2.45, 2.75) is 25.9 Å². The van der Waals surface area contributed by atoms with Crippen LogP contribution in [0.1, 0.15) is 19.8 Å². The summed E-state index contributed by atoms with van der Waals surface area (Å²) in [6.45, 7) is 2.69. The minimum absolute atomic E-state index is 0.198. The highest BCUT2D eigenvalue weighted by Crippen LogP contribution is 2.20. The Morgan fingerprint density at radius 1 is 1.35 bits per heavy atom. The van der Waals surface area contributed by atoms with E-state index < -0.39 is 22.0 Å². The molecule has 0 amide bonds. The maximum absolute atomic E-state index is 12.2. The number of esters is 1. The van der Waals surface area contributed by atoms with Crippen LogP contribution >= 0.6 is 0 Å². The van der Waals surface area contributed by atoms with Crippen LogP contribution < -0.4 is 4.74 Å². The van der Waals surface area contributed by atoms with Gasteiger partial charge in [-0.1, -0.05) is 18.2 Å². The second kappa shape index (κ2) is 7.79. The zero-order valence-electron chi connectivity index (χ0n) is 13.5. The first kappa shape index (κ1) is 17.7. The molecule has 1 aliphatic rings. The van der Waals surface area contributed by atoms with Gasteiger partial charge in [0.25, 0.3) is 0 Å². The summed E-state index contributed by atoms with van der Waals surface area (Å²) < 4.78 is 35.5. The molecule has 23 heavy (non-hydrogen) atoms. The molecule has 0 N–H and O–H groups in total. The van der Waals surface area contributed by atoms with Gasteiger partial charge < -0.3 is 9.47 Å². The summed E-state index contributed by atoms with van der Waals surface area (Å²) in [5.41, 5.74) is 0. The molecule has 0 aromatic heterocycles. The van der Waals surface area contributed by atoms with E-state index in [2.05, 4.69) is 0 Å². The molecule has 0 saturated carbocycles. The lowest BCUT2D eigenvalue weighted by molar-refractivity contribution is -0.155. The van der Waals surface area contributed by atoms with Crippen molar-refractivity contribution in [3.05, 3.63) is 30.3 Å². The molecule has 1 fully saturated rings. The molecule has 2 rings (SSSR count). The number of rotatable bonds is 6. The molecule has 1 heterocycles. The average molecular weight is 341 g/mol. The summed E-state index contributed by atoms with van der Waals surface area (Å²) in [7, 11) is -3.27. The minimum Gasteiger partial charge on any atom is -0.490 e. The monoisotopic (exact) mass is 341 g/mol. The van der Waals surface area contributed by atoms with Gasteiger partial charge in [0.05, 0.1) is 12.2 Å². The third-order valence-electron chi connectivity index (χ3n) is 3.73. The fraction of sp³-hybridized carbons (Fsp3) is 0.562. The van der Waals surface area contributed by atoms with Gasteiger partial charge in [-0.25, -0.2) is 12.7 Å². The van der Waals surface area contributed by atoms with Crippen LogP contribution in [0.5, 0.6) is 5.75 Å². The lowest BCUT2D eigenvalue weighted by atomic mass is 10.00. The van der Waals surface area contributed by atoms with Crippen LogP contribution in [0.2, 0.25) is 0 Å². The summed E-state index contributed by atoms with van der Waals surface area (Å²) in [4.78, 5) is 12.2. The number of carbonyl (C=O) groups is 1. The van der Waals surface area contributed by atoms with E-state index in [1.54, 1.807) is 6.92 Å². The third-order valence-corrected chi connectivity index (χ3v) is 5.00. The SMILES string of the molecule is C[C@@H](COc1ccccc1)OC(=O)[C@@H]1CCCN(S(C)(=O)=O)C1. The number of nitrogens with zero attached hydrogens (tertiary/aromatic N) is 1. The molecule has 128 valence electrons. The first-order valence-corrected chi connectivity index (χ1v) is 9.54. The maximum atomic E-state index is 12.2. The number of hydrogen-bond acceptors (Lipinski definition) is 5. The van der Waals surface area contributed by atoms with Crippen LogP contribution in [0.25, 0.3) is 0 Å². The number of benzene rings is 1. The van der Waals surface area contributed by atoms with E-state index in [1.807, 2.05) is 30.3 Å². The molecule has 1 aromatic carbocycles. The highest BCUT2D eigenvalue weighted by Gasteiger charge is 2.31. The third kappa shape index (κ3) is 5.51. The Bertz CT molecular complexity index is 617. The standard InChI is InChI=1S/C16H23NO5S/c1-13(12-21-15-8-4-3-5-9-15)22-16(18)14-7-6-10-17(11-14)23(2,19)20/h3-5,8-9,13-14H,6-7,10-12H2,1-2H3/t13-,14+/m0/s1. The van der Waals surface area contributed by atoms with Crippen molar-refractivity contribution in [3.8, 4) is 5.75 Å². The Kier molecular flexibility index (Phi) is 6.01. The lowest BCUT2D eigenvalue weighted by Gasteiger charge is -2.30. The highest BCUT2D eigenvalue weighted by atomic mass is 32.2. The normalized spacial score (nSPS) is 20.7. The van der Waals surface area contributed by atoms with Crippen LogP contribution in [0.3, 0.4) is 0 Å². The Labute approximate surface area is 137 Å². The van der Waals surface area contributed by atoms with Crippen molar-refractivity contribution in [2.24, 2.45) is 5.92 Å². The summed E-state index contributed by atoms with van der Waals surface area (Å²) in [5.74, 6) is -0.0449. The molecule has 1 saturated heterocycles. The molecule has 6 nitrogen and oxygen atoms in total. The number of carbonyl (C=O) groups excluding carboxylic acids is 1. The largest absolute Gasteiger partial charge is 0.490 e. The first-order chi connectivity index (χ1) is 10.9. The predicted octanol–water partition coefficient (Wildman–Crippen LogP) is 1.67. The van der Waals surface area contributed by atoms with Crippen molar-refractivity contribution in [2.75, 3.05) is 26.0 Å². The Hall–Kier alpha value is -1.60. The molecule has 0 bridgehead atoms. The van der Waals surface area contributed by atoms with Gasteiger partial charge in [0.15, 0.2) is 0 Å². The van der Waals surface area contributed by atoms with Gasteiger partial charge in [0.2, 0.25) is 10.0 Å². The van der Waals surface area contributed by atoms with Gasteiger partial charge in [-0.2, -0.15) is 0 Å². The quantitative estimate of drug-likeness (QED) is 0.736. The van der Waals surface area contributed by atoms with Gasteiger partial charge in [0.1, 0.15) is 18.5 Å². The zero-order chi connectivity index (χ0) is 16.9. The minimum atomic E-state index is -3.27. The average Bonchev–Trinajstić information content (AvgIpc) is 2.53. The van der Waals surface area contributed by atoms with Crippen molar-refractivity contribution >= 4 is 16.0 Å². The number of ether oxygens (including phenoxy) is 2. The first-order valence-electron chi connectivity index (χ1n) is 7.69. The van der Waals surface area contributed by atoms with E-state index >= 15 is 0 Å². The predicted molar refractivity (Wildman–Crippen MR) is 86.6 cm³/mol. The molecular formula is C16H23NO5S. The van der Waals surface area contributed by atoms with Crippen molar-refractivity contribution in [3.63, 3.8) is 0 Å². The van der Waals surface area contributed by atoms with Crippen LogP contribution in [0, 0.1) is 5.92 Å². The fourth-order valence-electron chi connectivity index (χ4n) is 2.49. The van der Waals surface area contributed by atoms with E-state index in [1.165, 1.54) is 4.31 Å². The van der Waals surface area contributed by atoms with Crippen molar-refractivity contribution in [1.82, 2.24) is 4.31 Å². The Balaban J connectivity index is 1.81. The van der Waals surface area contributed by atoms with Crippen molar-refractivity contribution < 1.29 is 22.7 Å². The van der Waals surface area contributed by atoms with Gasteiger partial charge in [0, 0.05) is 13.1 Å². The van der Waals surface area contributed by atoms with E-state index in [9.17, 15) is 13.2 Å². The van der Waals surface area contributed by atoms with Gasteiger partial charge in [-0.05, 0) is 31.9 Å². The van der Waals surface area contributed by atoms with Gasteiger partial charge in [-0.3, -0.25) is 4.79 Å². The topological polar surface area (TPSA) is 72.9 Å². The molecule has 0 radical (unpaired) electrons. The second-order valence-corrected chi connectivity index (χ2v) is 7.81. The van der Waals surface area contributed by atoms with E-state index in [0.29, 0.717) is 19.4 Å². The summed E-state index contributed by atoms with van der Waals surface area (Å²) in [6.07, 6.45) is 2.09. The van der Waals surface area contributed by atoms with Crippen LogP contribution in [0.15, 0.2) is 30.3 Å². The fourth-order valence-corrected chi connectivity index (χ4v) is 3.41. The summed E-state index contributed by atoms with van der Waals surface area (Å²) in [6, 6.07) is 9.30. The van der Waals surface area contributed by atoms with Crippen LogP contribution in [-0.4, -0.2) is 50.7 Å². The van der Waals surface area contributed by atoms with Crippen molar-refractivity contribution in [1.29, 1.82) is 0 Å². The molecule has 7 heteroatoms. The summed E-state index contributed by atoms with van der Waals surface area (Å²) >= 11 is 0. The van der Waals surface area contributed by atoms with E-state index in [4.69, 9.17) is 9.47 Å². The van der Waals surface area contributed by atoms with Crippen LogP contribution in [0.4, 0.5) is 0 Å². The molecular weight excluding hydrogens is 318 g/mol. The van der Waals surface area contributed by atoms with Gasteiger partial charge >= 0.3 is 5.97 Å². The Morgan fingerprint density at radius 2 is 2.04 bits per heavy atom. The molecule has 0 unspecified atom stereocenters. The number of sulfonamides is 1. The zero-order valence-corrected chi connectivity index (χ0v) is 14.3. The number of piperidine rings is 1. The maximum Gasteiger partial charge on any atom is 0.310 e. The highest BCUT2D eigenvalue weighted by molar-refractivity contribution is 7.88. The second-order valence-electron chi connectivity index (χ2n) is 5.83. The molecule has 1 aromatic rings. The lowest BCUT2D eigenvalue weighted by Crippen LogP contribution is -2.43. The molecule has 0 spiro atoms. The number of hydrogen-bond donors (Lipinski definition) is 0.